The molecule has 0 unspecified atom stereocenters. The minimum Gasteiger partial charge on any atom is -0.304 e. The van der Waals surface area contributed by atoms with Crippen LogP contribution in [0.25, 0.3) is 10.2 Å². The van der Waals surface area contributed by atoms with Crippen LogP contribution in [0.2, 0.25) is 4.34 Å². The maximum absolute atomic E-state index is 12.4. The Morgan fingerprint density at radius 3 is 2.68 bits per heavy atom. The zero-order valence-electron chi connectivity index (χ0n) is 12.2. The van der Waals surface area contributed by atoms with Crippen LogP contribution in [0.15, 0.2) is 38.9 Å². The third kappa shape index (κ3) is 3.45. The van der Waals surface area contributed by atoms with Crippen molar-refractivity contribution in [3.63, 3.8) is 0 Å². The van der Waals surface area contributed by atoms with Gasteiger partial charge in [-0.2, -0.15) is 8.42 Å². The normalized spacial score (nSPS) is 12.4. The van der Waals surface area contributed by atoms with Gasteiger partial charge in [-0.25, -0.2) is 0 Å². The zero-order chi connectivity index (χ0) is 18.2. The Bertz CT molecular complexity index is 1200. The summed E-state index contributed by atoms with van der Waals surface area (Å²) in [5.41, 5.74) is 0.479. The molecule has 0 aliphatic carbocycles. The fraction of sp³-hybridized carbons (Fsp3) is 0.0714. The van der Waals surface area contributed by atoms with Gasteiger partial charge in [-0.05, 0) is 18.2 Å². The molecule has 25 heavy (non-hydrogen) atoms. The van der Waals surface area contributed by atoms with Crippen LogP contribution >= 0.6 is 34.3 Å². The smallest absolute Gasteiger partial charge is 0.294 e. The van der Waals surface area contributed by atoms with E-state index in [4.69, 9.17) is 18.0 Å². The second-order valence-corrected chi connectivity index (χ2v) is 9.26. The second kappa shape index (κ2) is 6.61. The highest BCUT2D eigenvalue weighted by molar-refractivity contribution is 7.92. The fourth-order valence-corrected chi connectivity index (χ4v) is 5.80. The summed E-state index contributed by atoms with van der Waals surface area (Å²) < 4.78 is 31.1. The first-order chi connectivity index (χ1) is 11.8. The van der Waals surface area contributed by atoms with Crippen LogP contribution in [0.3, 0.4) is 0 Å². The van der Waals surface area contributed by atoms with E-state index in [1.54, 1.807) is 0 Å². The van der Waals surface area contributed by atoms with Gasteiger partial charge in [0.15, 0.2) is 0 Å². The maximum atomic E-state index is 12.4. The summed E-state index contributed by atoms with van der Waals surface area (Å²) in [6.45, 7) is 0.0807. The monoisotopic (exact) mass is 413 g/mol. The van der Waals surface area contributed by atoms with Gasteiger partial charge in [0.1, 0.15) is 4.21 Å². The predicted octanol–water partition coefficient (Wildman–Crippen LogP) is 3.25. The highest BCUT2D eigenvalue weighted by atomic mass is 35.5. The molecule has 0 aliphatic heterocycles. The zero-order valence-corrected chi connectivity index (χ0v) is 15.5. The Balaban J connectivity index is 2.26. The number of benzene rings is 1. The van der Waals surface area contributed by atoms with E-state index in [0.717, 1.165) is 22.7 Å². The van der Waals surface area contributed by atoms with Crippen molar-refractivity contribution in [3.8, 4) is 12.3 Å². The number of thiazole rings is 1. The van der Waals surface area contributed by atoms with E-state index < -0.39 is 14.9 Å². The summed E-state index contributed by atoms with van der Waals surface area (Å²) in [5.74, 6) is 2.43. The number of sulfonamides is 1. The van der Waals surface area contributed by atoms with Gasteiger partial charge in [-0.15, -0.1) is 22.2 Å². The van der Waals surface area contributed by atoms with Crippen LogP contribution in [-0.4, -0.2) is 17.9 Å². The molecule has 3 aromatic rings. The number of halogens is 1. The summed E-state index contributed by atoms with van der Waals surface area (Å²) in [5, 5.41) is 10.9. The highest BCUT2D eigenvalue weighted by Gasteiger charge is 2.18. The first-order valence-corrected chi connectivity index (χ1v) is 10.0. The number of nitro benzene ring substituents is 1. The number of nitro groups is 1. The summed E-state index contributed by atoms with van der Waals surface area (Å²) in [4.78, 5) is 10.5. The van der Waals surface area contributed by atoms with Gasteiger partial charge in [0.25, 0.3) is 15.7 Å². The number of thiophene rings is 1. The van der Waals surface area contributed by atoms with Crippen LogP contribution in [0.4, 0.5) is 5.69 Å². The number of terminal acetylenes is 1. The van der Waals surface area contributed by atoms with E-state index in [2.05, 4.69) is 10.3 Å². The molecule has 7 nitrogen and oxygen atoms in total. The first-order valence-electron chi connectivity index (χ1n) is 6.59. The summed E-state index contributed by atoms with van der Waals surface area (Å²) >= 11 is 7.69. The lowest BCUT2D eigenvalue weighted by molar-refractivity contribution is -0.384. The Morgan fingerprint density at radius 2 is 2.08 bits per heavy atom. The lowest BCUT2D eigenvalue weighted by Crippen LogP contribution is -2.16. The molecule has 0 saturated carbocycles. The second-order valence-electron chi connectivity index (χ2n) is 4.71. The van der Waals surface area contributed by atoms with Crippen LogP contribution in [0, 0.1) is 22.5 Å². The minimum absolute atomic E-state index is 0.00759. The molecule has 0 fully saturated rings. The lowest BCUT2D eigenvalue weighted by Gasteiger charge is -1.99. The standard InChI is InChI=1S/C14H8ClN3O4S3/c1-2-7-17-10-4-3-9(18(19)20)8-11(10)23-14(17)16-25(21,22)13-6-5-12(15)24-13/h1,3-6,8H,7H2/b16-14-. The van der Waals surface area contributed by atoms with E-state index in [-0.39, 0.29) is 21.2 Å². The highest BCUT2D eigenvalue weighted by Crippen LogP contribution is 2.27. The molecule has 0 spiro atoms. The fourth-order valence-electron chi connectivity index (χ4n) is 2.07. The topological polar surface area (TPSA) is 94.6 Å². The van der Waals surface area contributed by atoms with Crippen LogP contribution in [0.5, 0.6) is 0 Å². The van der Waals surface area contributed by atoms with Gasteiger partial charge in [0, 0.05) is 12.1 Å². The quantitative estimate of drug-likeness (QED) is 0.372. The van der Waals surface area contributed by atoms with Crippen molar-refractivity contribution in [2.45, 2.75) is 10.8 Å². The van der Waals surface area contributed by atoms with Crippen LogP contribution in [0.1, 0.15) is 0 Å². The molecule has 0 radical (unpaired) electrons. The van der Waals surface area contributed by atoms with Crippen molar-refractivity contribution in [2.75, 3.05) is 0 Å². The number of nitrogens with zero attached hydrogens (tertiary/aromatic N) is 3. The summed E-state index contributed by atoms with van der Waals surface area (Å²) in [7, 11) is -3.96. The Morgan fingerprint density at radius 1 is 1.32 bits per heavy atom. The number of hydrogen-bond donors (Lipinski definition) is 0. The molecule has 0 atom stereocenters. The molecular weight excluding hydrogens is 406 g/mol. The number of hydrogen-bond acceptors (Lipinski definition) is 6. The third-order valence-electron chi connectivity index (χ3n) is 3.13. The molecule has 0 aliphatic rings. The van der Waals surface area contributed by atoms with Crippen LogP contribution < -0.4 is 4.80 Å². The van der Waals surface area contributed by atoms with E-state index in [0.29, 0.717) is 14.6 Å². The lowest BCUT2D eigenvalue weighted by atomic mass is 10.3. The molecule has 11 heteroatoms. The number of fused-ring (bicyclic) bond motifs is 1. The molecule has 3 rings (SSSR count). The molecule has 0 bridgehead atoms. The van der Waals surface area contributed by atoms with Crippen LogP contribution in [-0.2, 0) is 16.6 Å². The molecule has 1 aromatic carbocycles. The van der Waals surface area contributed by atoms with Crippen molar-refractivity contribution in [2.24, 2.45) is 4.40 Å². The van der Waals surface area contributed by atoms with Gasteiger partial charge < -0.3 is 4.57 Å². The first kappa shape index (κ1) is 17.6. The van der Waals surface area contributed by atoms with Gasteiger partial charge >= 0.3 is 0 Å². The average Bonchev–Trinajstić information content (AvgIpc) is 3.12. The van der Waals surface area contributed by atoms with Crippen molar-refractivity contribution in [3.05, 3.63) is 49.6 Å². The van der Waals surface area contributed by atoms with Crippen molar-refractivity contribution in [1.82, 2.24) is 4.57 Å². The van der Waals surface area contributed by atoms with E-state index in [9.17, 15) is 18.5 Å². The largest absolute Gasteiger partial charge is 0.304 e. The molecular formula is C14H8ClN3O4S3. The molecule has 0 saturated heterocycles. The van der Waals surface area contributed by atoms with Gasteiger partial charge in [0.05, 0.1) is 26.0 Å². The van der Waals surface area contributed by atoms with E-state index in [1.807, 2.05) is 0 Å². The SMILES string of the molecule is C#CCn1/c(=N/S(=O)(=O)c2ccc(Cl)s2)sc2cc([N+](=O)[O-])ccc21. The van der Waals surface area contributed by atoms with Crippen molar-refractivity contribution >= 4 is 60.2 Å². The summed E-state index contributed by atoms with van der Waals surface area (Å²) in [6.07, 6.45) is 5.36. The Kier molecular flexibility index (Phi) is 4.66. The molecule has 0 N–H and O–H groups in total. The van der Waals surface area contributed by atoms with E-state index in [1.165, 1.54) is 34.9 Å². The predicted molar refractivity (Wildman–Crippen MR) is 97.4 cm³/mol. The van der Waals surface area contributed by atoms with E-state index >= 15 is 0 Å². The third-order valence-corrected chi connectivity index (χ3v) is 7.25. The number of non-ortho nitro benzene ring substituents is 1. The molecule has 2 aromatic heterocycles. The van der Waals surface area contributed by atoms with Gasteiger partial charge in [-0.3, -0.25) is 10.1 Å². The molecule has 2 heterocycles. The Labute approximate surface area is 155 Å². The molecule has 0 amide bonds. The Hall–Kier alpha value is -2.19. The van der Waals surface area contributed by atoms with Crippen molar-refractivity contribution < 1.29 is 13.3 Å². The van der Waals surface area contributed by atoms with Crippen molar-refractivity contribution in [1.29, 1.82) is 0 Å². The number of rotatable bonds is 4. The minimum atomic E-state index is -3.96. The van der Waals surface area contributed by atoms with Gasteiger partial charge in [-0.1, -0.05) is 28.9 Å². The van der Waals surface area contributed by atoms with Gasteiger partial charge in [0.2, 0.25) is 4.80 Å². The number of aromatic nitrogens is 1. The maximum Gasteiger partial charge on any atom is 0.294 e. The molecule has 128 valence electrons. The average molecular weight is 414 g/mol. The summed E-state index contributed by atoms with van der Waals surface area (Å²) in [6, 6.07) is 7.06.